The fourth-order valence-electron chi connectivity index (χ4n) is 7.05. The minimum Gasteiger partial charge on any atom is -0.463 e. The van der Waals surface area contributed by atoms with E-state index in [9.17, 15) is 47.9 Å². The molecule has 6 unspecified atom stereocenters. The molecular formula is C40H56O25S. The van der Waals surface area contributed by atoms with Crippen molar-refractivity contribution in [1.82, 2.24) is 0 Å². The van der Waals surface area contributed by atoms with E-state index in [-0.39, 0.29) is 0 Å². The largest absolute Gasteiger partial charge is 0.463 e. The number of hydrogen-bond donors (Lipinski definition) is 0. The monoisotopic (exact) mass is 968 g/mol. The van der Waals surface area contributed by atoms with Crippen LogP contribution in [0.15, 0.2) is 0 Å². The number of ether oxygens (including phenoxy) is 15. The molecule has 15 atom stereocenters. The van der Waals surface area contributed by atoms with Crippen molar-refractivity contribution in [3.63, 3.8) is 0 Å². The molecule has 3 saturated heterocycles. The lowest BCUT2D eigenvalue weighted by molar-refractivity contribution is -0.372. The molecule has 0 amide bonds. The first-order valence-corrected chi connectivity index (χ1v) is 21.5. The van der Waals surface area contributed by atoms with Crippen LogP contribution in [-0.2, 0) is 119 Å². The van der Waals surface area contributed by atoms with Gasteiger partial charge in [0, 0.05) is 69.2 Å². The van der Waals surface area contributed by atoms with E-state index < -0.39 is 171 Å². The van der Waals surface area contributed by atoms with Crippen LogP contribution < -0.4 is 0 Å². The Bertz CT molecular complexity index is 1770. The fraction of sp³-hybridized carbons (Fsp3) is 0.750. The topological polar surface area (TPSA) is 309 Å². The van der Waals surface area contributed by atoms with Gasteiger partial charge in [0.25, 0.3) is 0 Å². The quantitative estimate of drug-likeness (QED) is 0.120. The highest BCUT2D eigenvalue weighted by atomic mass is 32.2. The molecule has 0 aromatic heterocycles. The van der Waals surface area contributed by atoms with E-state index in [2.05, 4.69) is 0 Å². The number of hydrogen-bond acceptors (Lipinski definition) is 26. The second kappa shape index (κ2) is 25.7. The first kappa shape index (κ1) is 55.2. The third kappa shape index (κ3) is 16.6. The predicted octanol–water partition coefficient (Wildman–Crippen LogP) is -0.104. The van der Waals surface area contributed by atoms with Crippen LogP contribution in [0, 0.1) is 0 Å². The zero-order valence-corrected chi connectivity index (χ0v) is 38.9. The predicted molar refractivity (Wildman–Crippen MR) is 213 cm³/mol. The van der Waals surface area contributed by atoms with Crippen LogP contribution in [0.5, 0.6) is 0 Å². The van der Waals surface area contributed by atoms with Crippen molar-refractivity contribution in [2.75, 3.05) is 25.6 Å². The fourth-order valence-corrected chi connectivity index (χ4v) is 8.00. The Morgan fingerprint density at radius 1 is 0.348 bits per heavy atom. The molecule has 26 heteroatoms. The summed E-state index contributed by atoms with van der Waals surface area (Å²) in [5.74, 6) is -8.69. The summed E-state index contributed by atoms with van der Waals surface area (Å²) < 4.78 is 86.4. The van der Waals surface area contributed by atoms with Crippen molar-refractivity contribution in [3.05, 3.63) is 0 Å². The Hall–Kier alpha value is -5.15. The van der Waals surface area contributed by atoms with Crippen molar-refractivity contribution < 1.29 is 119 Å². The SMILES string of the molecule is CCS[C@@H]1OC(COC(C)=O)[C@@H](O[C@@H]2OC(COC(C)=O)[C@@H](O[C@@H]3OC(COC(C)=O)[C@@H](OC(C)=O)[C@H](OC(C)=O)C3OC(C)=O)[C@H](OC(C)=O)C2OC(C)=O)[C@H](OC(C)=O)C1OC(C)=O. The van der Waals surface area contributed by atoms with Crippen LogP contribution in [0.1, 0.15) is 76.2 Å². The van der Waals surface area contributed by atoms with Gasteiger partial charge in [-0.3, -0.25) is 47.9 Å². The Morgan fingerprint density at radius 3 is 0.955 bits per heavy atom. The molecule has 0 bridgehead atoms. The van der Waals surface area contributed by atoms with E-state index >= 15 is 0 Å². The average Bonchev–Trinajstić information content (AvgIpc) is 3.17. The van der Waals surface area contributed by atoms with Gasteiger partial charge in [-0.05, 0) is 5.75 Å². The molecule has 3 heterocycles. The lowest BCUT2D eigenvalue weighted by Crippen LogP contribution is -2.68. The normalized spacial score (nSPS) is 31.7. The minimum absolute atomic E-state index is 0.393. The Kier molecular flexibility index (Phi) is 21.5. The molecule has 3 aliphatic heterocycles. The third-order valence-corrected chi connectivity index (χ3v) is 10.2. The lowest BCUT2D eigenvalue weighted by atomic mass is 9.95. The zero-order valence-electron chi connectivity index (χ0n) is 38.1. The molecule has 3 fully saturated rings. The summed E-state index contributed by atoms with van der Waals surface area (Å²) in [6.45, 7) is 10.1. The van der Waals surface area contributed by atoms with Gasteiger partial charge in [0.1, 0.15) is 55.8 Å². The maximum atomic E-state index is 13.0. The summed E-state index contributed by atoms with van der Waals surface area (Å²) in [4.78, 5) is 125. The van der Waals surface area contributed by atoms with Gasteiger partial charge in [0.15, 0.2) is 55.3 Å². The molecular weight excluding hydrogens is 912 g/mol. The van der Waals surface area contributed by atoms with Crippen LogP contribution in [0.4, 0.5) is 0 Å². The van der Waals surface area contributed by atoms with E-state index in [4.69, 9.17) is 71.1 Å². The molecule has 25 nitrogen and oxygen atoms in total. The minimum atomic E-state index is -1.96. The highest BCUT2D eigenvalue weighted by molar-refractivity contribution is 7.99. The summed E-state index contributed by atoms with van der Waals surface area (Å²) in [5, 5.41) is 0. The molecule has 3 aliphatic rings. The molecule has 0 N–H and O–H groups in total. The summed E-state index contributed by atoms with van der Waals surface area (Å²) >= 11 is 1.15. The van der Waals surface area contributed by atoms with E-state index in [0.29, 0.717) is 5.75 Å². The van der Waals surface area contributed by atoms with E-state index in [1.807, 2.05) is 0 Å². The third-order valence-electron chi connectivity index (χ3n) is 9.15. The number of carbonyl (C=O) groups excluding carboxylic acids is 10. The molecule has 0 spiro atoms. The van der Waals surface area contributed by atoms with Crippen molar-refractivity contribution in [2.24, 2.45) is 0 Å². The van der Waals surface area contributed by atoms with Gasteiger partial charge in [0.05, 0.1) is 0 Å². The van der Waals surface area contributed by atoms with E-state index in [1.165, 1.54) is 0 Å². The van der Waals surface area contributed by atoms with E-state index in [0.717, 1.165) is 81.0 Å². The van der Waals surface area contributed by atoms with Gasteiger partial charge in [-0.15, -0.1) is 11.8 Å². The number of esters is 10. The molecule has 0 aliphatic carbocycles. The van der Waals surface area contributed by atoms with Crippen molar-refractivity contribution in [3.8, 4) is 0 Å². The molecule has 0 aromatic carbocycles. The van der Waals surface area contributed by atoms with Crippen LogP contribution in [0.25, 0.3) is 0 Å². The van der Waals surface area contributed by atoms with Gasteiger partial charge < -0.3 is 71.1 Å². The smallest absolute Gasteiger partial charge is 0.303 e. The molecule has 0 radical (unpaired) electrons. The van der Waals surface area contributed by atoms with Crippen LogP contribution in [0.2, 0.25) is 0 Å². The van der Waals surface area contributed by atoms with Gasteiger partial charge in [-0.25, -0.2) is 0 Å². The molecule has 3 rings (SSSR count). The Morgan fingerprint density at radius 2 is 0.621 bits per heavy atom. The highest BCUT2D eigenvalue weighted by Crippen LogP contribution is 2.39. The summed E-state index contributed by atoms with van der Waals surface area (Å²) in [7, 11) is 0. The number of thioether (sulfide) groups is 1. The highest BCUT2D eigenvalue weighted by Gasteiger charge is 2.60. The first-order chi connectivity index (χ1) is 30.9. The van der Waals surface area contributed by atoms with Crippen molar-refractivity contribution >= 4 is 71.5 Å². The van der Waals surface area contributed by atoms with Crippen LogP contribution >= 0.6 is 11.8 Å². The standard InChI is InChI=1S/C40H56O25S/c1-12-66-40-37(60-25(11)50)34(57-22(8)47)31(28(63-40)15-53-18(4)43)65-39-36(59-24(10)49)33(56-21(7)46)30(27(62-39)14-52-17(3)42)64-38-35(58-23(9)48)32(55-20(6)45)29(54-19(5)44)26(61-38)13-51-16(2)41/h26-40H,12-15H2,1-11H3/t26?,27?,28?,29-,30-,31-,32+,33+,34+,35?,36?,37?,38+,39+,40+/m1/s1. The second-order valence-corrected chi connectivity index (χ2v) is 16.1. The number of rotatable bonds is 19. The van der Waals surface area contributed by atoms with Crippen molar-refractivity contribution in [1.29, 1.82) is 0 Å². The van der Waals surface area contributed by atoms with Crippen LogP contribution in [-0.4, -0.2) is 177 Å². The van der Waals surface area contributed by atoms with Gasteiger partial charge >= 0.3 is 59.7 Å². The lowest BCUT2D eigenvalue weighted by Gasteiger charge is -2.50. The molecule has 0 aromatic rings. The van der Waals surface area contributed by atoms with Gasteiger partial charge in [0.2, 0.25) is 0 Å². The second-order valence-electron chi connectivity index (χ2n) is 14.7. The average molecular weight is 969 g/mol. The number of carbonyl (C=O) groups is 10. The van der Waals surface area contributed by atoms with Gasteiger partial charge in [-0.2, -0.15) is 0 Å². The Labute approximate surface area is 382 Å². The molecule has 66 heavy (non-hydrogen) atoms. The molecule has 0 saturated carbocycles. The summed E-state index contributed by atoms with van der Waals surface area (Å²) in [6.07, 6.45) is -23.8. The van der Waals surface area contributed by atoms with Crippen LogP contribution in [0.3, 0.4) is 0 Å². The van der Waals surface area contributed by atoms with Gasteiger partial charge in [-0.1, -0.05) is 6.92 Å². The maximum Gasteiger partial charge on any atom is 0.303 e. The first-order valence-electron chi connectivity index (χ1n) is 20.4. The Balaban J connectivity index is 2.29. The zero-order chi connectivity index (χ0) is 49.6. The maximum absolute atomic E-state index is 13.0. The molecule has 372 valence electrons. The summed E-state index contributed by atoms with van der Waals surface area (Å²) in [6, 6.07) is 0. The van der Waals surface area contributed by atoms with Crippen molar-refractivity contribution in [2.45, 2.75) is 167 Å². The summed E-state index contributed by atoms with van der Waals surface area (Å²) in [5.41, 5.74) is -1.04. The van der Waals surface area contributed by atoms with E-state index in [1.54, 1.807) is 6.92 Å².